The maximum absolute atomic E-state index is 13.3. The maximum atomic E-state index is 13.3. The topological polar surface area (TPSA) is 130 Å². The minimum absolute atomic E-state index is 0.00760. The smallest absolute Gasteiger partial charge is 0.405 e. The Labute approximate surface area is 235 Å². The van der Waals surface area contributed by atoms with Crippen molar-refractivity contribution >= 4 is 42.8 Å². The molecule has 4 heterocycles. The molecule has 3 N–H and O–H groups in total. The van der Waals surface area contributed by atoms with Crippen molar-refractivity contribution in [1.29, 1.82) is 0 Å². The lowest BCUT2D eigenvalue weighted by atomic mass is 9.92. The van der Waals surface area contributed by atoms with Crippen LogP contribution in [0.2, 0.25) is 18.1 Å². The summed E-state index contributed by atoms with van der Waals surface area (Å²) in [4.78, 5) is 35.8. The summed E-state index contributed by atoms with van der Waals surface area (Å²) in [6.45, 7) is 14.0. The summed E-state index contributed by atoms with van der Waals surface area (Å²) in [5.41, 5.74) is 1.99. The Morgan fingerprint density at radius 3 is 2.60 bits per heavy atom. The zero-order chi connectivity index (χ0) is 28.8. The molecule has 2 amide bonds. The molecule has 0 spiro atoms. The van der Waals surface area contributed by atoms with Gasteiger partial charge < -0.3 is 29.5 Å². The van der Waals surface area contributed by atoms with Crippen LogP contribution in [0, 0.1) is 5.92 Å². The summed E-state index contributed by atoms with van der Waals surface area (Å²) in [6.07, 6.45) is 4.16. The van der Waals surface area contributed by atoms with Gasteiger partial charge in [-0.15, -0.1) is 0 Å². The summed E-state index contributed by atoms with van der Waals surface area (Å²) in [6, 6.07) is 6.94. The van der Waals surface area contributed by atoms with Crippen molar-refractivity contribution in [2.24, 2.45) is 5.92 Å². The number of pyridine rings is 2. The van der Waals surface area contributed by atoms with Gasteiger partial charge in [0, 0.05) is 36.5 Å². The normalized spacial score (nSPS) is 21.9. The first kappa shape index (κ1) is 28.1. The predicted molar refractivity (Wildman–Crippen MR) is 157 cm³/mol. The van der Waals surface area contributed by atoms with Crippen molar-refractivity contribution < 1.29 is 23.5 Å². The molecule has 1 saturated heterocycles. The molecular weight excluding hydrogens is 526 g/mol. The second-order valence-corrected chi connectivity index (χ2v) is 17.4. The lowest BCUT2D eigenvalue weighted by Crippen LogP contribution is -2.62. The lowest BCUT2D eigenvalue weighted by Gasteiger charge is -2.48. The number of carboxylic acid groups (broad SMARTS) is 1. The van der Waals surface area contributed by atoms with Crippen LogP contribution in [0.25, 0.3) is 11.1 Å². The third-order valence-electron chi connectivity index (χ3n) is 8.43. The van der Waals surface area contributed by atoms with Crippen LogP contribution in [0.4, 0.5) is 16.2 Å². The van der Waals surface area contributed by atoms with E-state index in [-0.39, 0.29) is 28.7 Å². The van der Waals surface area contributed by atoms with E-state index in [0.717, 1.165) is 29.7 Å². The number of hydrogen-bond donors (Lipinski definition) is 3. The van der Waals surface area contributed by atoms with E-state index in [1.807, 2.05) is 18.2 Å². The molecule has 0 aromatic carbocycles. The highest BCUT2D eigenvalue weighted by molar-refractivity contribution is 6.74. The number of anilines is 2. The number of carbonyl (C=O) groups excluding carboxylic acids is 1. The van der Waals surface area contributed by atoms with E-state index >= 15 is 0 Å². The van der Waals surface area contributed by atoms with Gasteiger partial charge in [-0.05, 0) is 55.2 Å². The molecule has 5 rings (SSSR count). The monoisotopic (exact) mass is 565 g/mol. The van der Waals surface area contributed by atoms with Crippen molar-refractivity contribution in [2.75, 3.05) is 23.3 Å². The Kier molecular flexibility index (Phi) is 7.38. The van der Waals surface area contributed by atoms with Gasteiger partial charge in [-0.2, -0.15) is 0 Å². The van der Waals surface area contributed by atoms with E-state index < -0.39 is 20.5 Å². The average Bonchev–Trinajstić information content (AvgIpc) is 3.63. The molecule has 0 bridgehead atoms. The molecule has 40 heavy (non-hydrogen) atoms. The van der Waals surface area contributed by atoms with Gasteiger partial charge in [0.1, 0.15) is 11.5 Å². The number of furan rings is 1. The number of aromatic nitrogens is 2. The molecule has 1 aliphatic carbocycles. The van der Waals surface area contributed by atoms with Crippen molar-refractivity contribution in [1.82, 2.24) is 15.3 Å². The first-order valence-electron chi connectivity index (χ1n) is 13.9. The molecule has 3 aromatic rings. The number of amides is 2. The van der Waals surface area contributed by atoms with Crippen LogP contribution in [0.3, 0.4) is 0 Å². The molecule has 10 nitrogen and oxygen atoms in total. The minimum Gasteiger partial charge on any atom is -0.465 e. The van der Waals surface area contributed by atoms with Gasteiger partial charge in [0.25, 0.3) is 5.91 Å². The van der Waals surface area contributed by atoms with Gasteiger partial charge >= 0.3 is 6.09 Å². The summed E-state index contributed by atoms with van der Waals surface area (Å²) in [5.74, 6) is 1.04. The highest BCUT2D eigenvalue weighted by Gasteiger charge is 2.45. The van der Waals surface area contributed by atoms with Crippen LogP contribution in [-0.4, -0.2) is 60.6 Å². The van der Waals surface area contributed by atoms with Crippen LogP contribution in [0.15, 0.2) is 41.1 Å². The molecule has 214 valence electrons. The quantitative estimate of drug-likeness (QED) is 0.305. The van der Waals surface area contributed by atoms with Crippen LogP contribution >= 0.6 is 0 Å². The Balaban J connectivity index is 1.36. The van der Waals surface area contributed by atoms with Gasteiger partial charge in [-0.3, -0.25) is 9.78 Å². The second kappa shape index (κ2) is 10.5. The van der Waals surface area contributed by atoms with Crippen molar-refractivity contribution in [3.63, 3.8) is 0 Å². The number of fused-ring (bicyclic) bond motifs is 1. The molecule has 0 unspecified atom stereocenters. The lowest BCUT2D eigenvalue weighted by molar-refractivity contribution is 0.0722. The number of nitrogens with zero attached hydrogens (tertiary/aromatic N) is 3. The maximum Gasteiger partial charge on any atom is 0.405 e. The highest BCUT2D eigenvalue weighted by Crippen LogP contribution is 2.42. The second-order valence-electron chi connectivity index (χ2n) is 12.6. The van der Waals surface area contributed by atoms with Crippen LogP contribution in [0.5, 0.6) is 0 Å². The standard InChI is InChI=1S/C29H39N5O5Si/c1-17-15-34(16-22(33-28(36)37)25(17)39-40(5,6)29(2,3)4)23-11-12-30-14-21(23)31-26(35)20-10-9-19-13-24(18-7-8-18)38-27(19)32-20/h9-14,17-18,22,25,33H,7-8,15-16H2,1-6H3,(H,31,35)(H,36,37)/t17-,22+,25+/m0/s1. The van der Waals surface area contributed by atoms with E-state index in [1.54, 1.807) is 18.5 Å². The summed E-state index contributed by atoms with van der Waals surface area (Å²) in [5, 5.41) is 16.2. The summed E-state index contributed by atoms with van der Waals surface area (Å²) < 4.78 is 12.6. The van der Waals surface area contributed by atoms with E-state index in [2.05, 4.69) is 66.3 Å². The van der Waals surface area contributed by atoms with Gasteiger partial charge in [0.15, 0.2) is 8.32 Å². The fourth-order valence-corrected chi connectivity index (χ4v) is 6.47. The van der Waals surface area contributed by atoms with Crippen LogP contribution in [0.1, 0.15) is 62.7 Å². The SMILES string of the molecule is C[C@H]1CN(c2ccncc2NC(=O)c2ccc3cc(C4CC4)oc3n2)C[C@@H](NC(=O)O)[C@@H]1O[Si](C)(C)C(C)(C)C. The molecule has 0 radical (unpaired) electrons. The van der Waals surface area contributed by atoms with Gasteiger partial charge in [-0.1, -0.05) is 27.7 Å². The molecule has 1 saturated carbocycles. The number of rotatable bonds is 7. The van der Waals surface area contributed by atoms with Gasteiger partial charge in [0.2, 0.25) is 5.71 Å². The molecule has 3 atom stereocenters. The number of piperidine rings is 1. The zero-order valence-corrected chi connectivity index (χ0v) is 25.0. The largest absolute Gasteiger partial charge is 0.465 e. The third-order valence-corrected chi connectivity index (χ3v) is 12.9. The average molecular weight is 566 g/mol. The summed E-state index contributed by atoms with van der Waals surface area (Å²) in [7, 11) is -2.15. The highest BCUT2D eigenvalue weighted by atomic mass is 28.4. The van der Waals surface area contributed by atoms with Crippen LogP contribution in [-0.2, 0) is 4.43 Å². The molecule has 3 aromatic heterocycles. The molecule has 11 heteroatoms. The van der Waals surface area contributed by atoms with E-state index in [4.69, 9.17) is 8.84 Å². The number of nitrogens with one attached hydrogen (secondary N) is 2. The Bertz CT molecular complexity index is 1410. The van der Waals surface area contributed by atoms with Crippen molar-refractivity contribution in [2.45, 2.75) is 76.7 Å². The van der Waals surface area contributed by atoms with Gasteiger partial charge in [0.05, 0.1) is 29.7 Å². The zero-order valence-electron chi connectivity index (χ0n) is 24.0. The van der Waals surface area contributed by atoms with Crippen molar-refractivity contribution in [3.05, 3.63) is 48.1 Å². The van der Waals surface area contributed by atoms with Gasteiger partial charge in [-0.25, -0.2) is 9.78 Å². The molecular formula is C29H39N5O5Si. The molecule has 1 aliphatic heterocycles. The summed E-state index contributed by atoms with van der Waals surface area (Å²) >= 11 is 0. The van der Waals surface area contributed by atoms with Crippen LogP contribution < -0.4 is 15.5 Å². The fourth-order valence-electron chi connectivity index (χ4n) is 5.04. The van der Waals surface area contributed by atoms with Crippen molar-refractivity contribution in [3.8, 4) is 0 Å². The van der Waals surface area contributed by atoms with E-state index in [0.29, 0.717) is 30.4 Å². The fraction of sp³-hybridized carbons (Fsp3) is 0.517. The number of hydrogen-bond acceptors (Lipinski definition) is 7. The minimum atomic E-state index is -2.15. The third kappa shape index (κ3) is 5.85. The Morgan fingerprint density at radius 1 is 1.18 bits per heavy atom. The Hall–Kier alpha value is -3.44. The number of carbonyl (C=O) groups is 2. The first-order valence-corrected chi connectivity index (χ1v) is 16.8. The predicted octanol–water partition coefficient (Wildman–Crippen LogP) is 5.84. The molecule has 2 fully saturated rings. The van der Waals surface area contributed by atoms with E-state index in [1.165, 1.54) is 0 Å². The first-order chi connectivity index (χ1) is 18.8. The van der Waals surface area contributed by atoms with E-state index in [9.17, 15) is 14.7 Å². The molecule has 2 aliphatic rings. The Morgan fingerprint density at radius 2 is 1.93 bits per heavy atom.